The summed E-state index contributed by atoms with van der Waals surface area (Å²) in [5.74, 6) is -1.57. The molecule has 170 valence electrons. The summed E-state index contributed by atoms with van der Waals surface area (Å²) in [5, 5.41) is 13.5. The average molecular weight is 457 g/mol. The number of ether oxygens (including phenoxy) is 1. The number of halogens is 3. The molecule has 1 aromatic heterocycles. The Morgan fingerprint density at radius 3 is 2.21 bits per heavy atom. The maximum Gasteiger partial charge on any atom is 0.411 e. The van der Waals surface area contributed by atoms with Crippen molar-refractivity contribution < 1.29 is 32.6 Å². The van der Waals surface area contributed by atoms with E-state index in [4.69, 9.17) is 4.74 Å². The van der Waals surface area contributed by atoms with Crippen LogP contribution in [0.15, 0.2) is 54.7 Å². The minimum atomic E-state index is -4.50. The van der Waals surface area contributed by atoms with Gasteiger partial charge in [0.15, 0.2) is 6.04 Å². The van der Waals surface area contributed by atoms with Crippen LogP contribution in [0.25, 0.3) is 11.1 Å². The van der Waals surface area contributed by atoms with Gasteiger partial charge < -0.3 is 9.84 Å². The van der Waals surface area contributed by atoms with Crippen molar-refractivity contribution in [3.8, 4) is 11.1 Å². The fourth-order valence-electron chi connectivity index (χ4n) is 4.63. The van der Waals surface area contributed by atoms with Gasteiger partial charge in [-0.1, -0.05) is 48.5 Å². The van der Waals surface area contributed by atoms with E-state index in [0.717, 1.165) is 33.4 Å². The number of hydrogen-bond donors (Lipinski definition) is 1. The highest BCUT2D eigenvalue weighted by atomic mass is 19.4. The van der Waals surface area contributed by atoms with Gasteiger partial charge >= 0.3 is 18.2 Å². The highest BCUT2D eigenvalue weighted by molar-refractivity contribution is 5.83. The first-order valence-corrected chi connectivity index (χ1v) is 10.2. The molecule has 3 aromatic rings. The Balaban J connectivity index is 1.34. The number of nitrogens with zero attached hydrogens (tertiary/aromatic N) is 3. The molecule has 0 spiro atoms. The Morgan fingerprint density at radius 1 is 1.03 bits per heavy atom. The number of hydrogen-bond acceptors (Lipinski definition) is 4. The summed E-state index contributed by atoms with van der Waals surface area (Å²) in [4.78, 5) is 25.7. The smallest absolute Gasteiger partial charge is 0.411 e. The molecule has 2 heterocycles. The minimum Gasteiger partial charge on any atom is -0.479 e. The van der Waals surface area contributed by atoms with Crippen LogP contribution < -0.4 is 0 Å². The lowest BCUT2D eigenvalue weighted by Gasteiger charge is -2.23. The summed E-state index contributed by atoms with van der Waals surface area (Å²) in [6, 6.07) is 14.1. The second-order valence-electron chi connectivity index (χ2n) is 8.02. The lowest BCUT2D eigenvalue weighted by atomic mass is 9.98. The van der Waals surface area contributed by atoms with Crippen LogP contribution in [0.2, 0.25) is 0 Å². The summed E-state index contributed by atoms with van der Waals surface area (Å²) in [6.45, 7) is -1.58. The van der Waals surface area contributed by atoms with Crippen molar-refractivity contribution in [3.63, 3.8) is 0 Å². The van der Waals surface area contributed by atoms with Crippen molar-refractivity contribution in [3.05, 3.63) is 77.1 Å². The van der Waals surface area contributed by atoms with Crippen LogP contribution in [0.1, 0.15) is 34.3 Å². The molecule has 1 amide bonds. The van der Waals surface area contributed by atoms with Crippen molar-refractivity contribution >= 4 is 12.1 Å². The Labute approximate surface area is 186 Å². The molecule has 1 aliphatic heterocycles. The van der Waals surface area contributed by atoms with Crippen LogP contribution in [0, 0.1) is 0 Å². The Morgan fingerprint density at radius 2 is 1.64 bits per heavy atom. The quantitative estimate of drug-likeness (QED) is 0.630. The van der Waals surface area contributed by atoms with Crippen molar-refractivity contribution in [1.29, 1.82) is 0 Å². The molecule has 1 unspecified atom stereocenters. The summed E-state index contributed by atoms with van der Waals surface area (Å²) < 4.78 is 44.2. The monoisotopic (exact) mass is 457 g/mol. The van der Waals surface area contributed by atoms with Crippen molar-refractivity contribution in [1.82, 2.24) is 14.7 Å². The van der Waals surface area contributed by atoms with Gasteiger partial charge in [-0.15, -0.1) is 0 Å². The van der Waals surface area contributed by atoms with Gasteiger partial charge in [-0.05, 0) is 22.3 Å². The van der Waals surface area contributed by atoms with Gasteiger partial charge in [-0.25, -0.2) is 9.59 Å². The standard InChI is InChI=1S/C23H18F3N3O4/c24-23(25,26)12-28-9-17-19(27-28)10-29(20(17)21(30)31)22(32)33-11-18-15-7-3-1-5-13(15)14-6-2-4-8-16(14)18/h1-9,18,20H,10-12H2,(H,30,31). The van der Waals surface area contributed by atoms with Crippen molar-refractivity contribution in [2.75, 3.05) is 6.61 Å². The molecule has 10 heteroatoms. The molecule has 5 rings (SSSR count). The Kier molecular flexibility index (Phi) is 4.88. The SMILES string of the molecule is O=C(O)C1c2cn(CC(F)(F)F)nc2CN1C(=O)OCC1c2ccccc2-c2ccccc21. The first-order chi connectivity index (χ1) is 15.7. The summed E-state index contributed by atoms with van der Waals surface area (Å²) >= 11 is 0. The molecule has 0 saturated heterocycles. The maximum absolute atomic E-state index is 12.8. The minimum absolute atomic E-state index is 0.00141. The van der Waals surface area contributed by atoms with E-state index in [1.54, 1.807) is 0 Å². The fourth-order valence-corrected chi connectivity index (χ4v) is 4.63. The molecular weight excluding hydrogens is 439 g/mol. The number of carbonyl (C=O) groups is 2. The van der Waals surface area contributed by atoms with E-state index in [1.807, 2.05) is 48.5 Å². The topological polar surface area (TPSA) is 84.7 Å². The zero-order valence-corrected chi connectivity index (χ0v) is 17.1. The molecule has 33 heavy (non-hydrogen) atoms. The van der Waals surface area contributed by atoms with E-state index >= 15 is 0 Å². The number of aliphatic carboxylic acids is 1. The third-order valence-corrected chi connectivity index (χ3v) is 5.94. The van der Waals surface area contributed by atoms with E-state index in [1.165, 1.54) is 0 Å². The van der Waals surface area contributed by atoms with Gasteiger partial charge in [0.05, 0.1) is 12.2 Å². The summed E-state index contributed by atoms with van der Waals surface area (Å²) in [5.41, 5.74) is 4.29. The lowest BCUT2D eigenvalue weighted by molar-refractivity contribution is -0.142. The van der Waals surface area contributed by atoms with Gasteiger partial charge in [0.25, 0.3) is 0 Å². The molecule has 0 bridgehead atoms. The van der Waals surface area contributed by atoms with Crippen LogP contribution in [-0.2, 0) is 22.6 Å². The van der Waals surface area contributed by atoms with Crippen LogP contribution in [-0.4, -0.2) is 44.6 Å². The number of alkyl halides is 3. The predicted octanol–water partition coefficient (Wildman–Crippen LogP) is 4.34. The second-order valence-corrected chi connectivity index (χ2v) is 8.02. The van der Waals surface area contributed by atoms with Gasteiger partial charge in [-0.3, -0.25) is 9.58 Å². The molecule has 2 aliphatic rings. The third-order valence-electron chi connectivity index (χ3n) is 5.94. The van der Waals surface area contributed by atoms with Gasteiger partial charge in [-0.2, -0.15) is 18.3 Å². The summed E-state index contributed by atoms with van der Waals surface area (Å²) in [7, 11) is 0. The van der Waals surface area contributed by atoms with E-state index < -0.39 is 30.8 Å². The Hall–Kier alpha value is -3.82. The molecule has 1 aliphatic carbocycles. The number of carbonyl (C=O) groups excluding carboxylic acids is 1. The highest BCUT2D eigenvalue weighted by Crippen LogP contribution is 2.44. The molecule has 0 fully saturated rings. The number of benzene rings is 2. The van der Waals surface area contributed by atoms with E-state index in [9.17, 15) is 27.9 Å². The van der Waals surface area contributed by atoms with E-state index in [2.05, 4.69) is 5.10 Å². The molecular formula is C23H18F3N3O4. The van der Waals surface area contributed by atoms with Crippen LogP contribution >= 0.6 is 0 Å². The molecule has 2 aromatic carbocycles. The maximum atomic E-state index is 12.8. The van der Waals surface area contributed by atoms with Crippen LogP contribution in [0.3, 0.4) is 0 Å². The number of fused-ring (bicyclic) bond motifs is 4. The molecule has 0 radical (unpaired) electrons. The average Bonchev–Trinajstić information content (AvgIpc) is 3.39. The normalized spacial score (nSPS) is 16.9. The molecule has 1 N–H and O–H groups in total. The van der Waals surface area contributed by atoms with E-state index in [0.29, 0.717) is 4.68 Å². The van der Waals surface area contributed by atoms with Crippen molar-refractivity contribution in [2.45, 2.75) is 31.2 Å². The molecule has 0 saturated carbocycles. The predicted molar refractivity (Wildman–Crippen MR) is 109 cm³/mol. The highest BCUT2D eigenvalue weighted by Gasteiger charge is 2.43. The first kappa shape index (κ1) is 21.0. The van der Waals surface area contributed by atoms with E-state index in [-0.39, 0.29) is 30.3 Å². The van der Waals surface area contributed by atoms with Gasteiger partial charge in [0.2, 0.25) is 0 Å². The fraction of sp³-hybridized carbons (Fsp3) is 0.261. The number of rotatable bonds is 4. The number of carboxylic acids is 1. The third kappa shape index (κ3) is 3.71. The lowest BCUT2D eigenvalue weighted by Crippen LogP contribution is -2.35. The first-order valence-electron chi connectivity index (χ1n) is 10.2. The van der Waals surface area contributed by atoms with Gasteiger partial charge in [0, 0.05) is 17.7 Å². The molecule has 7 nitrogen and oxygen atoms in total. The van der Waals surface area contributed by atoms with Crippen LogP contribution in [0.5, 0.6) is 0 Å². The number of carboxylic acid groups (broad SMARTS) is 1. The zero-order valence-electron chi connectivity index (χ0n) is 17.1. The van der Waals surface area contributed by atoms with Crippen LogP contribution in [0.4, 0.5) is 18.0 Å². The van der Waals surface area contributed by atoms with Gasteiger partial charge in [0.1, 0.15) is 13.2 Å². The summed E-state index contributed by atoms with van der Waals surface area (Å²) in [6.07, 6.45) is -4.33. The van der Waals surface area contributed by atoms with Crippen molar-refractivity contribution in [2.24, 2.45) is 0 Å². The Bertz CT molecular complexity index is 1210. The molecule has 1 atom stereocenters. The number of amides is 1. The largest absolute Gasteiger partial charge is 0.479 e. The second kappa shape index (κ2) is 7.65. The number of aromatic nitrogens is 2. The zero-order chi connectivity index (χ0) is 23.3.